The van der Waals surface area contributed by atoms with Gasteiger partial charge >= 0.3 is 6.18 Å². The number of hydrogen-bond donors (Lipinski definition) is 3. The van der Waals surface area contributed by atoms with Crippen molar-refractivity contribution in [2.45, 2.75) is 19.5 Å². The van der Waals surface area contributed by atoms with E-state index in [4.69, 9.17) is 5.73 Å². The van der Waals surface area contributed by atoms with Crippen molar-refractivity contribution in [2.24, 2.45) is 5.73 Å². The highest BCUT2D eigenvalue weighted by Gasteiger charge is 2.34. The summed E-state index contributed by atoms with van der Waals surface area (Å²) >= 11 is 0. The number of nitrogens with one attached hydrogen (secondary N) is 2. The third-order valence-corrected chi connectivity index (χ3v) is 3.49. The molecular weight excluding hydrogens is 347 g/mol. The van der Waals surface area contributed by atoms with E-state index in [-0.39, 0.29) is 23.2 Å². The highest BCUT2D eigenvalue weighted by Crippen LogP contribution is 2.36. The van der Waals surface area contributed by atoms with E-state index < -0.39 is 11.7 Å². The molecule has 0 radical (unpaired) electrons. The standard InChI is InChI=1S/C16H16F3N7/c1-9-21-15(26-25-9)24-13-8-10(6-7-20)22-14(23-13)11-4-2-3-5-12(11)16(17,18)19/h2-5,8H,6-7,20H2,1H3,(H2,21,22,23,24,25,26). The molecule has 10 heteroatoms. The highest BCUT2D eigenvalue weighted by atomic mass is 19.4. The van der Waals surface area contributed by atoms with Gasteiger partial charge in [-0.25, -0.2) is 9.97 Å². The molecule has 136 valence electrons. The van der Waals surface area contributed by atoms with Crippen LogP contribution in [-0.4, -0.2) is 31.7 Å². The zero-order valence-corrected chi connectivity index (χ0v) is 13.8. The van der Waals surface area contributed by atoms with Crippen molar-refractivity contribution in [3.63, 3.8) is 0 Å². The lowest BCUT2D eigenvalue weighted by molar-refractivity contribution is -0.137. The summed E-state index contributed by atoms with van der Waals surface area (Å²) < 4.78 is 40.0. The number of hydrogen-bond acceptors (Lipinski definition) is 6. The van der Waals surface area contributed by atoms with Crippen LogP contribution in [0.5, 0.6) is 0 Å². The molecule has 1 aromatic carbocycles. The van der Waals surface area contributed by atoms with Crippen LogP contribution >= 0.6 is 0 Å². The predicted octanol–water partition coefficient (Wildman–Crippen LogP) is 2.83. The first-order valence-electron chi connectivity index (χ1n) is 7.77. The molecule has 3 rings (SSSR count). The average molecular weight is 363 g/mol. The lowest BCUT2D eigenvalue weighted by atomic mass is 10.1. The molecule has 2 heterocycles. The first-order valence-corrected chi connectivity index (χ1v) is 7.77. The lowest BCUT2D eigenvalue weighted by Gasteiger charge is -2.13. The van der Waals surface area contributed by atoms with Crippen LogP contribution in [-0.2, 0) is 12.6 Å². The van der Waals surface area contributed by atoms with Crippen LogP contribution in [0, 0.1) is 6.92 Å². The van der Waals surface area contributed by atoms with Crippen molar-refractivity contribution in [1.82, 2.24) is 25.1 Å². The van der Waals surface area contributed by atoms with Gasteiger partial charge in [0.25, 0.3) is 0 Å². The van der Waals surface area contributed by atoms with Crippen molar-refractivity contribution in [1.29, 1.82) is 0 Å². The molecule has 0 aliphatic rings. The third kappa shape index (κ3) is 3.97. The van der Waals surface area contributed by atoms with E-state index >= 15 is 0 Å². The van der Waals surface area contributed by atoms with Gasteiger partial charge in [0.2, 0.25) is 5.95 Å². The smallest absolute Gasteiger partial charge is 0.330 e. The fourth-order valence-corrected chi connectivity index (χ4v) is 2.40. The van der Waals surface area contributed by atoms with Gasteiger partial charge in [0.05, 0.1) is 5.56 Å². The second-order valence-electron chi connectivity index (χ2n) is 5.52. The summed E-state index contributed by atoms with van der Waals surface area (Å²) in [6.07, 6.45) is -4.12. The Morgan fingerprint density at radius 1 is 1.15 bits per heavy atom. The van der Waals surface area contributed by atoms with Gasteiger partial charge in [-0.3, -0.25) is 5.10 Å². The van der Waals surface area contributed by atoms with Crippen LogP contribution in [0.3, 0.4) is 0 Å². The minimum atomic E-state index is -4.52. The van der Waals surface area contributed by atoms with E-state index in [1.807, 2.05) is 0 Å². The summed E-state index contributed by atoms with van der Waals surface area (Å²) in [6, 6.07) is 6.78. The quantitative estimate of drug-likeness (QED) is 0.644. The van der Waals surface area contributed by atoms with Gasteiger partial charge in [-0.2, -0.15) is 18.2 Å². The Kier molecular flexibility index (Phi) is 4.85. The minimum absolute atomic E-state index is 0.0429. The van der Waals surface area contributed by atoms with Crippen molar-refractivity contribution in [3.05, 3.63) is 47.4 Å². The molecule has 0 aliphatic carbocycles. The van der Waals surface area contributed by atoms with Gasteiger partial charge in [0.1, 0.15) is 11.6 Å². The van der Waals surface area contributed by atoms with Crippen LogP contribution in [0.25, 0.3) is 11.4 Å². The first-order chi connectivity index (χ1) is 12.4. The van der Waals surface area contributed by atoms with E-state index in [1.54, 1.807) is 13.0 Å². The topological polar surface area (TPSA) is 105 Å². The number of benzene rings is 1. The van der Waals surface area contributed by atoms with Crippen molar-refractivity contribution >= 4 is 11.8 Å². The zero-order valence-electron chi connectivity index (χ0n) is 13.8. The zero-order chi connectivity index (χ0) is 18.7. The molecule has 3 aromatic rings. The van der Waals surface area contributed by atoms with Gasteiger partial charge in [0, 0.05) is 23.7 Å². The summed E-state index contributed by atoms with van der Waals surface area (Å²) in [5, 5.41) is 9.47. The number of H-pyrrole nitrogens is 1. The van der Waals surface area contributed by atoms with E-state index in [9.17, 15) is 13.2 Å². The predicted molar refractivity (Wildman–Crippen MR) is 89.6 cm³/mol. The molecule has 2 aromatic heterocycles. The first kappa shape index (κ1) is 17.8. The minimum Gasteiger partial charge on any atom is -0.330 e. The molecule has 7 nitrogen and oxygen atoms in total. The molecule has 26 heavy (non-hydrogen) atoms. The Morgan fingerprint density at radius 2 is 1.92 bits per heavy atom. The molecule has 4 N–H and O–H groups in total. The maximum absolute atomic E-state index is 13.3. The van der Waals surface area contributed by atoms with Gasteiger partial charge in [-0.15, -0.1) is 5.10 Å². The Hall–Kier alpha value is -3.01. The van der Waals surface area contributed by atoms with Crippen molar-refractivity contribution in [3.8, 4) is 11.4 Å². The summed E-state index contributed by atoms with van der Waals surface area (Å²) in [7, 11) is 0. The van der Waals surface area contributed by atoms with Crippen LogP contribution in [0.4, 0.5) is 24.9 Å². The summed E-state index contributed by atoms with van der Waals surface area (Å²) in [5.41, 5.74) is 5.18. The van der Waals surface area contributed by atoms with Crippen LogP contribution in [0.1, 0.15) is 17.1 Å². The van der Waals surface area contributed by atoms with Crippen LogP contribution in [0.15, 0.2) is 30.3 Å². The molecule has 0 fully saturated rings. The van der Waals surface area contributed by atoms with Crippen LogP contribution < -0.4 is 11.1 Å². The summed E-state index contributed by atoms with van der Waals surface area (Å²) in [5.74, 6) is 1.09. The van der Waals surface area contributed by atoms with E-state index in [1.165, 1.54) is 18.2 Å². The van der Waals surface area contributed by atoms with Crippen LogP contribution in [0.2, 0.25) is 0 Å². The number of anilines is 2. The third-order valence-electron chi connectivity index (χ3n) is 3.49. The molecule has 0 unspecified atom stereocenters. The lowest BCUT2D eigenvalue weighted by Crippen LogP contribution is -2.11. The fourth-order valence-electron chi connectivity index (χ4n) is 2.40. The SMILES string of the molecule is Cc1nc(Nc2cc(CCN)nc(-c3ccccc3C(F)(F)F)n2)n[nH]1. The number of rotatable bonds is 5. The number of alkyl halides is 3. The highest BCUT2D eigenvalue weighted by molar-refractivity contribution is 5.64. The molecule has 0 amide bonds. The Morgan fingerprint density at radius 3 is 2.58 bits per heavy atom. The van der Waals surface area contributed by atoms with E-state index in [2.05, 4.69) is 30.5 Å². The van der Waals surface area contributed by atoms with Crippen molar-refractivity contribution < 1.29 is 13.2 Å². The summed E-state index contributed by atoms with van der Waals surface area (Å²) in [4.78, 5) is 12.5. The molecule has 0 saturated carbocycles. The number of nitrogens with zero attached hydrogens (tertiary/aromatic N) is 4. The maximum Gasteiger partial charge on any atom is 0.417 e. The fraction of sp³-hybridized carbons (Fsp3) is 0.250. The van der Waals surface area contributed by atoms with E-state index in [0.717, 1.165) is 6.07 Å². The molecule has 0 bridgehead atoms. The maximum atomic E-state index is 13.3. The second kappa shape index (κ2) is 7.08. The Balaban J connectivity index is 2.07. The van der Waals surface area contributed by atoms with Gasteiger partial charge in [0.15, 0.2) is 5.82 Å². The molecule has 0 atom stereocenters. The number of nitrogens with two attached hydrogens (primary N) is 1. The summed E-state index contributed by atoms with van der Waals surface area (Å²) in [6.45, 7) is 2.03. The van der Waals surface area contributed by atoms with Gasteiger partial charge < -0.3 is 11.1 Å². The normalized spacial score (nSPS) is 11.6. The monoisotopic (exact) mass is 363 g/mol. The van der Waals surface area contributed by atoms with Gasteiger partial charge in [-0.1, -0.05) is 18.2 Å². The molecular formula is C16H16F3N7. The Labute approximate surface area is 146 Å². The largest absolute Gasteiger partial charge is 0.417 e. The van der Waals surface area contributed by atoms with E-state index in [0.29, 0.717) is 24.5 Å². The number of aryl methyl sites for hydroxylation is 1. The molecule has 0 spiro atoms. The van der Waals surface area contributed by atoms with Gasteiger partial charge in [-0.05, 0) is 19.5 Å². The number of aromatic amines is 1. The number of halogens is 3. The second-order valence-corrected chi connectivity index (χ2v) is 5.52. The van der Waals surface area contributed by atoms with Crippen molar-refractivity contribution in [2.75, 3.05) is 11.9 Å². The number of aromatic nitrogens is 5. The average Bonchev–Trinajstić information content (AvgIpc) is 2.99. The molecule has 0 aliphatic heterocycles. The molecule has 0 saturated heterocycles. The Bertz CT molecular complexity index is 905.